The molecule has 0 amide bonds. The standard InChI is InChI=1S/C21H24FN3O2S/c1-15(2)11-19-13-17(24-25(19)18-7-5-4-6-8-18)14-23-28(26,27)21-12-16(3)9-10-20(21)22/h4-10,12-13,15,23H,11,14H2,1-3H3. The van der Waals surface area contributed by atoms with E-state index in [1.165, 1.54) is 12.1 Å². The summed E-state index contributed by atoms with van der Waals surface area (Å²) in [5.41, 5.74) is 3.17. The highest BCUT2D eigenvalue weighted by Gasteiger charge is 2.20. The maximum absolute atomic E-state index is 14.0. The Balaban J connectivity index is 1.86. The van der Waals surface area contributed by atoms with Crippen molar-refractivity contribution in [2.75, 3.05) is 0 Å². The zero-order chi connectivity index (χ0) is 20.3. The summed E-state index contributed by atoms with van der Waals surface area (Å²) in [5, 5.41) is 4.57. The Hall–Kier alpha value is -2.51. The van der Waals surface area contributed by atoms with Crippen LogP contribution in [0.5, 0.6) is 0 Å². The van der Waals surface area contributed by atoms with Crippen molar-refractivity contribution in [2.45, 2.75) is 38.6 Å². The van der Waals surface area contributed by atoms with Crippen LogP contribution >= 0.6 is 0 Å². The Bertz CT molecular complexity index is 1060. The van der Waals surface area contributed by atoms with Gasteiger partial charge in [-0.3, -0.25) is 0 Å². The van der Waals surface area contributed by atoms with Crippen LogP contribution in [0.1, 0.15) is 30.8 Å². The molecule has 0 atom stereocenters. The second-order valence-electron chi connectivity index (χ2n) is 7.23. The highest BCUT2D eigenvalue weighted by atomic mass is 32.2. The van der Waals surface area contributed by atoms with Crippen molar-refractivity contribution in [3.8, 4) is 5.69 Å². The van der Waals surface area contributed by atoms with E-state index in [0.29, 0.717) is 17.2 Å². The number of benzene rings is 2. The molecule has 3 rings (SSSR count). The van der Waals surface area contributed by atoms with Gasteiger partial charge < -0.3 is 0 Å². The van der Waals surface area contributed by atoms with E-state index in [1.54, 1.807) is 6.92 Å². The fourth-order valence-corrected chi connectivity index (χ4v) is 4.14. The fraction of sp³-hybridized carbons (Fsp3) is 0.286. The number of sulfonamides is 1. The van der Waals surface area contributed by atoms with Crippen LogP contribution in [-0.4, -0.2) is 18.2 Å². The predicted octanol–water partition coefficient (Wildman–Crippen LogP) is 4.00. The van der Waals surface area contributed by atoms with Crippen molar-refractivity contribution in [1.29, 1.82) is 0 Å². The van der Waals surface area contributed by atoms with Gasteiger partial charge in [0.05, 0.1) is 17.9 Å². The SMILES string of the molecule is Cc1ccc(F)c(S(=O)(=O)NCc2cc(CC(C)C)n(-c3ccccc3)n2)c1. The first-order valence-corrected chi connectivity index (χ1v) is 10.6. The number of aryl methyl sites for hydroxylation is 1. The van der Waals surface area contributed by atoms with Crippen molar-refractivity contribution < 1.29 is 12.8 Å². The maximum Gasteiger partial charge on any atom is 0.243 e. The van der Waals surface area contributed by atoms with Crippen LogP contribution in [0, 0.1) is 18.7 Å². The molecule has 0 spiro atoms. The molecule has 2 aromatic carbocycles. The molecule has 28 heavy (non-hydrogen) atoms. The zero-order valence-corrected chi connectivity index (χ0v) is 17.0. The van der Waals surface area contributed by atoms with Crippen molar-refractivity contribution in [3.05, 3.63) is 77.4 Å². The van der Waals surface area contributed by atoms with E-state index in [4.69, 9.17) is 0 Å². The highest BCUT2D eigenvalue weighted by molar-refractivity contribution is 7.89. The van der Waals surface area contributed by atoms with Crippen molar-refractivity contribution in [3.63, 3.8) is 0 Å². The molecule has 0 aliphatic rings. The van der Waals surface area contributed by atoms with E-state index in [1.807, 2.05) is 41.1 Å². The summed E-state index contributed by atoms with van der Waals surface area (Å²) in [7, 11) is -3.98. The first-order chi connectivity index (χ1) is 13.3. The minimum Gasteiger partial charge on any atom is -0.238 e. The van der Waals surface area contributed by atoms with Gasteiger partial charge in [0.15, 0.2) is 0 Å². The zero-order valence-electron chi connectivity index (χ0n) is 16.2. The Morgan fingerprint density at radius 2 is 1.82 bits per heavy atom. The monoisotopic (exact) mass is 401 g/mol. The van der Waals surface area contributed by atoms with Gasteiger partial charge in [-0.25, -0.2) is 22.2 Å². The van der Waals surface area contributed by atoms with E-state index >= 15 is 0 Å². The lowest BCUT2D eigenvalue weighted by molar-refractivity contribution is 0.555. The number of aromatic nitrogens is 2. The average Bonchev–Trinajstić information content (AvgIpc) is 3.05. The van der Waals surface area contributed by atoms with E-state index < -0.39 is 15.8 Å². The molecule has 0 bridgehead atoms. The van der Waals surface area contributed by atoms with Crippen molar-refractivity contribution in [1.82, 2.24) is 14.5 Å². The number of halogens is 1. The number of hydrogen-bond acceptors (Lipinski definition) is 3. The molecule has 1 heterocycles. The molecule has 0 saturated carbocycles. The first-order valence-electron chi connectivity index (χ1n) is 9.15. The molecular formula is C21H24FN3O2S. The molecule has 7 heteroatoms. The molecule has 148 valence electrons. The normalized spacial score (nSPS) is 11.9. The summed E-state index contributed by atoms with van der Waals surface area (Å²) >= 11 is 0. The average molecular weight is 402 g/mol. The Kier molecular flexibility index (Phi) is 5.96. The number of nitrogens with one attached hydrogen (secondary N) is 1. The second-order valence-corrected chi connectivity index (χ2v) is 8.97. The minimum absolute atomic E-state index is 0.0132. The third kappa shape index (κ3) is 4.66. The largest absolute Gasteiger partial charge is 0.243 e. The fourth-order valence-electron chi connectivity index (χ4n) is 2.98. The molecule has 3 aromatic rings. The molecule has 0 aliphatic heterocycles. The Morgan fingerprint density at radius 3 is 2.50 bits per heavy atom. The van der Waals surface area contributed by atoms with E-state index in [2.05, 4.69) is 23.7 Å². The molecule has 1 N–H and O–H groups in total. The Labute approximate surface area is 165 Å². The van der Waals surface area contributed by atoms with Gasteiger partial charge in [0, 0.05) is 5.69 Å². The summed E-state index contributed by atoms with van der Waals surface area (Å²) in [5.74, 6) is -0.349. The van der Waals surface area contributed by atoms with Crippen LogP contribution in [0.3, 0.4) is 0 Å². The molecule has 0 fully saturated rings. The van der Waals surface area contributed by atoms with Crippen LogP contribution in [-0.2, 0) is 23.0 Å². The first kappa shape index (κ1) is 20.2. The summed E-state index contributed by atoms with van der Waals surface area (Å²) in [6, 6.07) is 15.6. The second kappa shape index (κ2) is 8.24. The third-order valence-electron chi connectivity index (χ3n) is 4.27. The van der Waals surface area contributed by atoms with Gasteiger partial charge in [0.25, 0.3) is 0 Å². The smallest absolute Gasteiger partial charge is 0.238 e. The maximum atomic E-state index is 14.0. The lowest BCUT2D eigenvalue weighted by Gasteiger charge is -2.09. The van der Waals surface area contributed by atoms with Gasteiger partial charge >= 0.3 is 0 Å². The number of rotatable bonds is 7. The quantitative estimate of drug-likeness (QED) is 0.651. The van der Waals surface area contributed by atoms with Crippen LogP contribution in [0.4, 0.5) is 4.39 Å². The van der Waals surface area contributed by atoms with Crippen LogP contribution in [0.15, 0.2) is 59.5 Å². The molecule has 0 unspecified atom stereocenters. The summed E-state index contributed by atoms with van der Waals surface area (Å²) in [6.07, 6.45) is 0.807. The Morgan fingerprint density at radius 1 is 1.11 bits per heavy atom. The molecule has 5 nitrogen and oxygen atoms in total. The lowest BCUT2D eigenvalue weighted by Crippen LogP contribution is -2.24. The molecular weight excluding hydrogens is 377 g/mol. The van der Waals surface area contributed by atoms with E-state index in [9.17, 15) is 12.8 Å². The molecule has 1 aromatic heterocycles. The number of nitrogens with zero attached hydrogens (tertiary/aromatic N) is 2. The highest BCUT2D eigenvalue weighted by Crippen LogP contribution is 2.18. The minimum atomic E-state index is -3.98. The van der Waals surface area contributed by atoms with Gasteiger partial charge in [-0.15, -0.1) is 0 Å². The number of hydrogen-bond donors (Lipinski definition) is 1. The summed E-state index contributed by atoms with van der Waals surface area (Å²) in [6.45, 7) is 5.94. The van der Waals surface area contributed by atoms with Crippen molar-refractivity contribution in [2.24, 2.45) is 5.92 Å². The number of para-hydroxylation sites is 1. The van der Waals surface area contributed by atoms with Crippen LogP contribution in [0.2, 0.25) is 0 Å². The van der Waals surface area contributed by atoms with Gasteiger partial charge in [-0.2, -0.15) is 5.10 Å². The van der Waals surface area contributed by atoms with Gasteiger partial charge in [-0.1, -0.05) is 38.1 Å². The van der Waals surface area contributed by atoms with E-state index in [-0.39, 0.29) is 11.4 Å². The molecule has 0 aliphatic carbocycles. The van der Waals surface area contributed by atoms with Gasteiger partial charge in [-0.05, 0) is 55.2 Å². The molecule has 0 saturated heterocycles. The summed E-state index contributed by atoms with van der Waals surface area (Å²) < 4.78 is 43.3. The topological polar surface area (TPSA) is 64.0 Å². The van der Waals surface area contributed by atoms with Crippen molar-refractivity contribution >= 4 is 10.0 Å². The van der Waals surface area contributed by atoms with Crippen LogP contribution < -0.4 is 4.72 Å². The lowest BCUT2D eigenvalue weighted by atomic mass is 10.1. The predicted molar refractivity (Wildman–Crippen MR) is 107 cm³/mol. The van der Waals surface area contributed by atoms with E-state index in [0.717, 1.165) is 23.9 Å². The summed E-state index contributed by atoms with van der Waals surface area (Å²) in [4.78, 5) is -0.350. The third-order valence-corrected chi connectivity index (χ3v) is 5.69. The van der Waals surface area contributed by atoms with Crippen LogP contribution in [0.25, 0.3) is 5.69 Å². The van der Waals surface area contributed by atoms with Gasteiger partial charge in [0.1, 0.15) is 10.7 Å². The van der Waals surface area contributed by atoms with Gasteiger partial charge in [0.2, 0.25) is 10.0 Å². The molecule has 0 radical (unpaired) electrons.